The number of rotatable bonds is 9. The fourth-order valence-corrected chi connectivity index (χ4v) is 8.47. The van der Waals surface area contributed by atoms with E-state index in [-0.39, 0.29) is 48.8 Å². The molecule has 2 amide bonds. The van der Waals surface area contributed by atoms with Crippen LogP contribution in [0.1, 0.15) is 83.7 Å². The first-order valence-electron chi connectivity index (χ1n) is 16.1. The first-order valence-corrected chi connectivity index (χ1v) is 16.5. The number of ether oxygens (including phenoxy) is 3. The number of hydrogen-bond donors (Lipinski definition) is 2. The van der Waals surface area contributed by atoms with E-state index in [2.05, 4.69) is 24.3 Å². The Bertz CT molecular complexity index is 1460. The molecule has 7 atom stereocenters. The Morgan fingerprint density at radius 3 is 2.60 bits per heavy atom. The molecule has 1 aromatic heterocycles. The van der Waals surface area contributed by atoms with Crippen molar-refractivity contribution < 1.29 is 33.4 Å². The van der Waals surface area contributed by atoms with Crippen molar-refractivity contribution in [2.45, 2.75) is 110 Å². The maximum absolute atomic E-state index is 13.8. The van der Waals surface area contributed by atoms with Gasteiger partial charge in [0.1, 0.15) is 35.7 Å². The topological polar surface area (TPSA) is 123 Å². The van der Waals surface area contributed by atoms with Gasteiger partial charge in [0.15, 0.2) is 5.79 Å². The molecule has 3 aliphatic carbocycles. The van der Waals surface area contributed by atoms with Crippen LogP contribution in [0.25, 0.3) is 0 Å². The fraction of sp³-hybridized carbons (Fsp3) is 0.676. The van der Waals surface area contributed by atoms with Crippen molar-refractivity contribution in [2.75, 3.05) is 13.2 Å². The first-order chi connectivity index (χ1) is 21.1. The number of nitrogens with one attached hydrogen (secondary N) is 1. The number of benzene rings is 1. The Kier molecular flexibility index (Phi) is 8.28. The van der Waals surface area contributed by atoms with Crippen LogP contribution < -0.4 is 10.1 Å². The van der Waals surface area contributed by atoms with Crippen molar-refractivity contribution in [3.05, 3.63) is 46.3 Å². The summed E-state index contributed by atoms with van der Waals surface area (Å²) < 4.78 is 25.0. The summed E-state index contributed by atoms with van der Waals surface area (Å²) in [6.45, 7) is 14.7. The van der Waals surface area contributed by atoms with Gasteiger partial charge in [-0.2, -0.15) is 0 Å². The molecule has 3 heterocycles. The molecule has 2 bridgehead atoms. The second kappa shape index (κ2) is 11.5. The molecule has 0 spiro atoms. The smallest absolute Gasteiger partial charge is 0.243 e. The Morgan fingerprint density at radius 2 is 1.93 bits per heavy atom. The number of aromatic nitrogens is 1. The van der Waals surface area contributed by atoms with Gasteiger partial charge in [-0.15, -0.1) is 0 Å². The highest BCUT2D eigenvalue weighted by molar-refractivity contribution is 6.30. The van der Waals surface area contributed by atoms with E-state index in [9.17, 15) is 14.7 Å². The molecule has 2 N–H and O–H groups in total. The summed E-state index contributed by atoms with van der Waals surface area (Å²) in [4.78, 5) is 28.8. The molecular formula is C34H46ClN3O7. The third kappa shape index (κ3) is 5.77. The lowest BCUT2D eigenvalue weighted by molar-refractivity contribution is -0.239. The minimum absolute atomic E-state index is 0.0561. The van der Waals surface area contributed by atoms with Crippen LogP contribution >= 0.6 is 11.6 Å². The highest BCUT2D eigenvalue weighted by Crippen LogP contribution is 2.67. The summed E-state index contributed by atoms with van der Waals surface area (Å²) in [5.74, 6) is -0.120. The van der Waals surface area contributed by atoms with Crippen molar-refractivity contribution >= 4 is 23.4 Å². The molecular weight excluding hydrogens is 598 g/mol. The highest BCUT2D eigenvalue weighted by atomic mass is 35.5. The average Bonchev–Trinajstić information content (AvgIpc) is 3.64. The van der Waals surface area contributed by atoms with Gasteiger partial charge in [-0.25, -0.2) is 0 Å². The zero-order chi connectivity index (χ0) is 32.5. The van der Waals surface area contributed by atoms with Crippen molar-refractivity contribution in [3.8, 4) is 5.75 Å². The third-order valence-corrected chi connectivity index (χ3v) is 10.9. The molecule has 1 unspecified atom stereocenters. The van der Waals surface area contributed by atoms with E-state index in [4.69, 9.17) is 30.3 Å². The Labute approximate surface area is 270 Å². The molecule has 10 nitrogen and oxygen atoms in total. The number of β-amino-alcohol motifs (C(OH)–C–C–N with tert-alkyl or cyclic N) is 1. The van der Waals surface area contributed by atoms with Crippen LogP contribution in [0.15, 0.2) is 28.8 Å². The summed E-state index contributed by atoms with van der Waals surface area (Å²) in [5.41, 5.74) is 0.967. The molecule has 7 rings (SSSR count). The minimum Gasteiger partial charge on any atom is -0.490 e. The maximum atomic E-state index is 13.8. The van der Waals surface area contributed by atoms with Gasteiger partial charge >= 0.3 is 0 Å². The van der Waals surface area contributed by atoms with Gasteiger partial charge in [0.25, 0.3) is 0 Å². The van der Waals surface area contributed by atoms with Crippen LogP contribution in [0.4, 0.5) is 0 Å². The van der Waals surface area contributed by atoms with Crippen LogP contribution in [0.5, 0.6) is 5.75 Å². The van der Waals surface area contributed by atoms with Crippen molar-refractivity contribution in [1.82, 2.24) is 15.4 Å². The summed E-state index contributed by atoms with van der Waals surface area (Å²) in [5, 5.41) is 18.0. The molecule has 246 valence electrons. The minimum atomic E-state index is -0.823. The predicted octanol–water partition coefficient (Wildman–Crippen LogP) is 4.99. The number of carbonyl (C=O) groups excluding carboxylic acids is 2. The molecule has 5 aliphatic rings. The van der Waals surface area contributed by atoms with E-state index in [1.807, 2.05) is 33.8 Å². The molecule has 3 saturated carbocycles. The van der Waals surface area contributed by atoms with Gasteiger partial charge in [0, 0.05) is 36.2 Å². The van der Waals surface area contributed by atoms with Gasteiger partial charge in [-0.3, -0.25) is 9.59 Å². The maximum Gasteiger partial charge on any atom is 0.243 e. The first kappa shape index (κ1) is 32.3. The van der Waals surface area contributed by atoms with Gasteiger partial charge in [-0.05, 0) is 68.9 Å². The van der Waals surface area contributed by atoms with E-state index in [1.165, 1.54) is 4.90 Å². The Morgan fingerprint density at radius 1 is 1.18 bits per heavy atom. The molecule has 1 aromatic carbocycles. The van der Waals surface area contributed by atoms with Crippen molar-refractivity contribution in [1.29, 1.82) is 0 Å². The molecule has 5 fully saturated rings. The quantitative estimate of drug-likeness (QED) is 0.392. The number of aryl methyl sites for hydroxylation is 1. The number of hydrogen-bond acceptors (Lipinski definition) is 8. The molecule has 2 aromatic rings. The zero-order valence-electron chi connectivity index (χ0n) is 27.3. The number of likely N-dealkylation sites (tertiary alicyclic amines) is 1. The lowest BCUT2D eigenvalue weighted by Crippen LogP contribution is -2.68. The molecule has 0 radical (unpaired) electrons. The monoisotopic (exact) mass is 643 g/mol. The van der Waals surface area contributed by atoms with Crippen LogP contribution in [-0.4, -0.2) is 69.8 Å². The van der Waals surface area contributed by atoms with Gasteiger partial charge < -0.3 is 34.1 Å². The summed E-state index contributed by atoms with van der Waals surface area (Å²) in [6, 6.07) is 6.28. The van der Waals surface area contributed by atoms with E-state index in [0.29, 0.717) is 40.7 Å². The summed E-state index contributed by atoms with van der Waals surface area (Å²) in [6.07, 6.45) is 1.31. The van der Waals surface area contributed by atoms with E-state index in [1.54, 1.807) is 25.1 Å². The molecule has 2 aliphatic heterocycles. The largest absolute Gasteiger partial charge is 0.490 e. The zero-order valence-corrected chi connectivity index (χ0v) is 28.0. The molecule has 2 saturated heterocycles. The number of aliphatic hydroxyl groups is 1. The average molecular weight is 644 g/mol. The second-order valence-electron chi connectivity index (χ2n) is 14.9. The summed E-state index contributed by atoms with van der Waals surface area (Å²) in [7, 11) is 0. The fourth-order valence-electron chi connectivity index (χ4n) is 8.31. The van der Waals surface area contributed by atoms with Gasteiger partial charge in [-0.1, -0.05) is 50.5 Å². The SMILES string of the molecule is Cc1cc(C(C(=O)N2C[C@H](O)C[C@H]2C(=O)NCc2ccc(Cl)cc2OC[C@]23OC(C)(C)O[C@H]2C[C@H]2C[C@@H]3C2(C)C)C(C)C)on1. The van der Waals surface area contributed by atoms with Gasteiger partial charge in [0.05, 0.1) is 17.9 Å². The number of halogens is 1. The number of amides is 2. The predicted molar refractivity (Wildman–Crippen MR) is 167 cm³/mol. The van der Waals surface area contributed by atoms with Crippen LogP contribution in [0.2, 0.25) is 5.02 Å². The van der Waals surface area contributed by atoms with Crippen LogP contribution in [-0.2, 0) is 25.6 Å². The van der Waals surface area contributed by atoms with Crippen molar-refractivity contribution in [3.63, 3.8) is 0 Å². The van der Waals surface area contributed by atoms with Crippen LogP contribution in [0, 0.1) is 30.1 Å². The molecule has 45 heavy (non-hydrogen) atoms. The van der Waals surface area contributed by atoms with E-state index >= 15 is 0 Å². The van der Waals surface area contributed by atoms with E-state index in [0.717, 1.165) is 18.4 Å². The van der Waals surface area contributed by atoms with Crippen molar-refractivity contribution in [2.24, 2.45) is 23.2 Å². The third-order valence-electron chi connectivity index (χ3n) is 10.7. The standard InChI is InChI=1S/C34H46ClN3O7/c1-18(2)29(26-10-19(3)37-44-26)31(41)38-16-23(39)14-24(38)30(40)36-15-20-8-9-22(35)13-25(20)42-17-34-27-11-21(32(27,4)5)12-28(34)43-33(6,7)45-34/h8-10,13,18,21,23-24,27-29,39H,11-12,14-17H2,1-7H3,(H,36,40)/t21-,23-,24+,27-,28+,29?,34-/m1/s1. The lowest BCUT2D eigenvalue weighted by Gasteiger charge is -2.64. The Balaban J connectivity index is 1.16. The van der Waals surface area contributed by atoms with E-state index < -0.39 is 29.5 Å². The number of carbonyl (C=O) groups is 2. The molecule has 11 heteroatoms. The lowest BCUT2D eigenvalue weighted by atomic mass is 9.43. The number of nitrogens with zero attached hydrogens (tertiary/aromatic N) is 2. The second-order valence-corrected chi connectivity index (χ2v) is 15.3. The Hall–Kier alpha value is -2.66. The normalized spacial score (nSPS) is 31.8. The van der Waals surface area contributed by atoms with Crippen LogP contribution in [0.3, 0.4) is 0 Å². The van der Waals surface area contributed by atoms with Gasteiger partial charge in [0.2, 0.25) is 11.8 Å². The summed E-state index contributed by atoms with van der Waals surface area (Å²) >= 11 is 6.41. The number of aliphatic hydroxyl groups excluding tert-OH is 1. The highest BCUT2D eigenvalue weighted by Gasteiger charge is 2.71.